The summed E-state index contributed by atoms with van der Waals surface area (Å²) in [6.45, 7) is 0. The van der Waals surface area contributed by atoms with Crippen LogP contribution in [0, 0.1) is 17.2 Å². The van der Waals surface area contributed by atoms with Crippen LogP contribution in [-0.4, -0.2) is 5.91 Å². The van der Waals surface area contributed by atoms with Crippen LogP contribution in [0.4, 0.5) is 5.69 Å². The van der Waals surface area contributed by atoms with Gasteiger partial charge in [-0.05, 0) is 23.3 Å². The Morgan fingerprint density at radius 3 is 1.93 bits per heavy atom. The van der Waals surface area contributed by atoms with E-state index >= 15 is 0 Å². The number of nitrogens with zero attached hydrogens (tertiary/aromatic N) is 2. The average molecular weight is 350 g/mol. The van der Waals surface area contributed by atoms with Gasteiger partial charge in [-0.2, -0.15) is 5.26 Å². The fourth-order valence-electron chi connectivity index (χ4n) is 3.53. The third kappa shape index (κ3) is 3.14. The molecule has 0 bridgehead atoms. The van der Waals surface area contributed by atoms with Crippen LogP contribution in [0.1, 0.15) is 17.0 Å². The molecule has 3 aromatic carbocycles. The summed E-state index contributed by atoms with van der Waals surface area (Å²) in [4.78, 5) is 15.1. The lowest BCUT2D eigenvalue weighted by Gasteiger charge is -2.35. The number of para-hydroxylation sites is 1. The largest absolute Gasteiger partial charge is 0.280 e. The van der Waals surface area contributed by atoms with Gasteiger partial charge in [0.2, 0.25) is 5.91 Å². The standard InChI is InChI=1S/C24H18N2O/c25-17-22-21(18-10-4-1-5-11-18)16-23(19-12-6-2-7-13-19)26(24(22)27)20-14-8-3-9-15-20/h1-16,21-22H/t21-,22-/m1/s1. The van der Waals surface area contributed by atoms with Gasteiger partial charge < -0.3 is 0 Å². The Kier molecular flexibility index (Phi) is 4.55. The summed E-state index contributed by atoms with van der Waals surface area (Å²) in [7, 11) is 0. The third-order valence-electron chi connectivity index (χ3n) is 4.83. The highest BCUT2D eigenvalue weighted by atomic mass is 16.2. The molecule has 1 amide bonds. The molecule has 2 atom stereocenters. The number of anilines is 1. The van der Waals surface area contributed by atoms with Gasteiger partial charge in [0, 0.05) is 11.6 Å². The summed E-state index contributed by atoms with van der Waals surface area (Å²) in [5.41, 5.74) is 3.50. The van der Waals surface area contributed by atoms with Crippen LogP contribution in [0.2, 0.25) is 0 Å². The third-order valence-corrected chi connectivity index (χ3v) is 4.83. The molecule has 1 aliphatic rings. The second-order valence-corrected chi connectivity index (χ2v) is 6.47. The first-order valence-corrected chi connectivity index (χ1v) is 8.90. The average Bonchev–Trinajstić information content (AvgIpc) is 2.75. The summed E-state index contributed by atoms with van der Waals surface area (Å²) in [6, 6.07) is 31.3. The van der Waals surface area contributed by atoms with Crippen molar-refractivity contribution < 1.29 is 4.79 Å². The Labute approximate surface area is 158 Å². The number of hydrogen-bond donors (Lipinski definition) is 0. The van der Waals surface area contributed by atoms with Crippen molar-refractivity contribution >= 4 is 17.3 Å². The van der Waals surface area contributed by atoms with Gasteiger partial charge in [-0.1, -0.05) is 84.9 Å². The number of hydrogen-bond acceptors (Lipinski definition) is 2. The minimum Gasteiger partial charge on any atom is -0.280 e. The Morgan fingerprint density at radius 2 is 1.33 bits per heavy atom. The first-order chi connectivity index (χ1) is 13.3. The molecule has 27 heavy (non-hydrogen) atoms. The van der Waals surface area contributed by atoms with E-state index in [1.807, 2.05) is 97.1 Å². The van der Waals surface area contributed by atoms with E-state index in [-0.39, 0.29) is 11.8 Å². The molecule has 0 aliphatic carbocycles. The van der Waals surface area contributed by atoms with Crippen molar-refractivity contribution in [2.45, 2.75) is 5.92 Å². The van der Waals surface area contributed by atoms with Gasteiger partial charge in [0.05, 0.1) is 11.8 Å². The summed E-state index contributed by atoms with van der Waals surface area (Å²) < 4.78 is 0. The predicted octanol–water partition coefficient (Wildman–Crippen LogP) is 5.00. The molecule has 1 aliphatic heterocycles. The summed E-state index contributed by atoms with van der Waals surface area (Å²) in [5.74, 6) is -1.24. The first-order valence-electron chi connectivity index (χ1n) is 8.90. The monoisotopic (exact) mass is 350 g/mol. The summed E-state index contributed by atoms with van der Waals surface area (Å²) in [6.07, 6.45) is 2.05. The van der Waals surface area contributed by atoms with Crippen molar-refractivity contribution in [3.8, 4) is 6.07 Å². The lowest BCUT2D eigenvalue weighted by atomic mass is 9.81. The Balaban J connectivity index is 1.92. The minimum atomic E-state index is -0.764. The van der Waals surface area contributed by atoms with Crippen LogP contribution in [0.3, 0.4) is 0 Å². The Hall–Kier alpha value is -3.64. The lowest BCUT2D eigenvalue weighted by Crippen LogP contribution is -2.40. The molecule has 3 heteroatoms. The molecule has 4 rings (SSSR count). The zero-order chi connectivity index (χ0) is 18.6. The van der Waals surface area contributed by atoms with Crippen molar-refractivity contribution in [1.29, 1.82) is 5.26 Å². The van der Waals surface area contributed by atoms with Crippen molar-refractivity contribution in [2.75, 3.05) is 4.90 Å². The molecular weight excluding hydrogens is 332 g/mol. The SMILES string of the molecule is N#C[C@H]1C(=O)N(c2ccccc2)C(c2ccccc2)=C[C@@H]1c1ccccc1. The maximum absolute atomic E-state index is 13.4. The summed E-state index contributed by atoms with van der Waals surface area (Å²) in [5, 5.41) is 9.79. The van der Waals surface area contributed by atoms with E-state index < -0.39 is 5.92 Å². The van der Waals surface area contributed by atoms with E-state index in [1.54, 1.807) is 4.90 Å². The highest BCUT2D eigenvalue weighted by Crippen LogP contribution is 2.40. The second kappa shape index (κ2) is 7.31. The number of carbonyl (C=O) groups is 1. The smallest absolute Gasteiger partial charge is 0.249 e. The van der Waals surface area contributed by atoms with E-state index in [9.17, 15) is 10.1 Å². The molecule has 130 valence electrons. The molecule has 1 heterocycles. The van der Waals surface area contributed by atoms with Crippen molar-refractivity contribution in [1.82, 2.24) is 0 Å². The molecule has 0 aromatic heterocycles. The van der Waals surface area contributed by atoms with Crippen LogP contribution in [-0.2, 0) is 4.79 Å². The van der Waals surface area contributed by atoms with Crippen LogP contribution in [0.5, 0.6) is 0 Å². The fourth-order valence-corrected chi connectivity index (χ4v) is 3.53. The normalized spacial score (nSPS) is 19.3. The quantitative estimate of drug-likeness (QED) is 0.667. The van der Waals surface area contributed by atoms with Crippen LogP contribution in [0.25, 0.3) is 5.70 Å². The number of benzene rings is 3. The number of amides is 1. The van der Waals surface area contributed by atoms with E-state index in [0.29, 0.717) is 0 Å². The first kappa shape index (κ1) is 16.8. The van der Waals surface area contributed by atoms with Gasteiger partial charge in [0.1, 0.15) is 5.92 Å². The second-order valence-electron chi connectivity index (χ2n) is 6.47. The van der Waals surface area contributed by atoms with Gasteiger partial charge in [0.15, 0.2) is 0 Å². The molecule has 0 unspecified atom stereocenters. The number of carbonyl (C=O) groups excluding carboxylic acids is 1. The highest BCUT2D eigenvalue weighted by Gasteiger charge is 2.39. The molecule has 0 radical (unpaired) electrons. The zero-order valence-corrected chi connectivity index (χ0v) is 14.7. The lowest BCUT2D eigenvalue weighted by molar-refractivity contribution is -0.120. The van der Waals surface area contributed by atoms with Gasteiger partial charge in [-0.25, -0.2) is 0 Å². The van der Waals surface area contributed by atoms with Gasteiger partial charge in [-0.15, -0.1) is 0 Å². The molecule has 3 nitrogen and oxygen atoms in total. The topological polar surface area (TPSA) is 44.1 Å². The molecule has 0 N–H and O–H groups in total. The van der Waals surface area contributed by atoms with Gasteiger partial charge in [-0.3, -0.25) is 9.69 Å². The maximum Gasteiger partial charge on any atom is 0.249 e. The van der Waals surface area contributed by atoms with Crippen LogP contribution < -0.4 is 4.90 Å². The number of nitriles is 1. The van der Waals surface area contributed by atoms with E-state index in [0.717, 1.165) is 22.5 Å². The van der Waals surface area contributed by atoms with Gasteiger partial charge in [0.25, 0.3) is 0 Å². The van der Waals surface area contributed by atoms with Crippen LogP contribution >= 0.6 is 0 Å². The van der Waals surface area contributed by atoms with E-state index in [1.165, 1.54) is 0 Å². The zero-order valence-electron chi connectivity index (χ0n) is 14.7. The molecule has 0 saturated carbocycles. The van der Waals surface area contributed by atoms with Crippen molar-refractivity contribution in [3.63, 3.8) is 0 Å². The number of allylic oxidation sites excluding steroid dienone is 1. The van der Waals surface area contributed by atoms with Gasteiger partial charge >= 0.3 is 0 Å². The van der Waals surface area contributed by atoms with Crippen molar-refractivity contribution in [2.24, 2.45) is 5.92 Å². The molecule has 0 fully saturated rings. The molecular formula is C24H18N2O. The Bertz CT molecular complexity index is 1000. The summed E-state index contributed by atoms with van der Waals surface area (Å²) >= 11 is 0. The van der Waals surface area contributed by atoms with Crippen LogP contribution in [0.15, 0.2) is 97.1 Å². The van der Waals surface area contributed by atoms with Crippen molar-refractivity contribution in [3.05, 3.63) is 108 Å². The predicted molar refractivity (Wildman–Crippen MR) is 107 cm³/mol. The van der Waals surface area contributed by atoms with E-state index in [2.05, 4.69) is 6.07 Å². The fraction of sp³-hybridized carbons (Fsp3) is 0.0833. The Morgan fingerprint density at radius 1 is 0.778 bits per heavy atom. The van der Waals surface area contributed by atoms with E-state index in [4.69, 9.17) is 0 Å². The minimum absolute atomic E-state index is 0.195. The number of rotatable bonds is 3. The molecule has 0 spiro atoms. The molecule has 0 saturated heterocycles. The molecule has 3 aromatic rings. The maximum atomic E-state index is 13.4. The highest BCUT2D eigenvalue weighted by molar-refractivity contribution is 6.10.